The molecule has 6 heteroatoms. The SMILES string of the molecule is Cc1cc(Nc2ccc(F)c(Cl)c2)nc(N2c3ccccc3CC2C)n1. The van der Waals surface area contributed by atoms with Gasteiger partial charge in [-0.2, -0.15) is 4.98 Å². The minimum atomic E-state index is -0.445. The van der Waals surface area contributed by atoms with Crippen LogP contribution in [-0.2, 0) is 6.42 Å². The number of aryl methyl sites for hydroxylation is 1. The minimum Gasteiger partial charge on any atom is -0.340 e. The third kappa shape index (κ3) is 3.10. The van der Waals surface area contributed by atoms with Gasteiger partial charge in [-0.05, 0) is 50.1 Å². The van der Waals surface area contributed by atoms with Gasteiger partial charge in [-0.1, -0.05) is 29.8 Å². The van der Waals surface area contributed by atoms with Crippen LogP contribution in [0.25, 0.3) is 0 Å². The van der Waals surface area contributed by atoms with Gasteiger partial charge in [-0.15, -0.1) is 0 Å². The van der Waals surface area contributed by atoms with E-state index in [1.165, 1.54) is 11.6 Å². The van der Waals surface area contributed by atoms with Crippen LogP contribution in [0.15, 0.2) is 48.5 Å². The van der Waals surface area contributed by atoms with Crippen LogP contribution in [0.5, 0.6) is 0 Å². The van der Waals surface area contributed by atoms with Crippen molar-refractivity contribution in [3.8, 4) is 0 Å². The van der Waals surface area contributed by atoms with Gasteiger partial charge in [-0.3, -0.25) is 0 Å². The van der Waals surface area contributed by atoms with E-state index in [0.29, 0.717) is 17.5 Å². The number of rotatable bonds is 3. The third-order valence-electron chi connectivity index (χ3n) is 4.46. The monoisotopic (exact) mass is 368 g/mol. The molecule has 26 heavy (non-hydrogen) atoms. The second-order valence-corrected chi connectivity index (χ2v) is 6.91. The van der Waals surface area contributed by atoms with E-state index in [9.17, 15) is 4.39 Å². The number of anilines is 4. The van der Waals surface area contributed by atoms with Gasteiger partial charge in [0.2, 0.25) is 5.95 Å². The number of nitrogens with zero attached hydrogens (tertiary/aromatic N) is 3. The molecule has 0 aliphatic carbocycles. The molecule has 0 fully saturated rings. The summed E-state index contributed by atoms with van der Waals surface area (Å²) in [6.07, 6.45) is 0.962. The molecule has 0 saturated heterocycles. The quantitative estimate of drug-likeness (QED) is 0.671. The van der Waals surface area contributed by atoms with Crippen molar-refractivity contribution in [3.63, 3.8) is 0 Å². The van der Waals surface area contributed by atoms with Gasteiger partial charge in [0.1, 0.15) is 11.6 Å². The zero-order chi connectivity index (χ0) is 18.3. The van der Waals surface area contributed by atoms with Gasteiger partial charge in [0, 0.05) is 29.2 Å². The van der Waals surface area contributed by atoms with Crippen molar-refractivity contribution >= 4 is 34.7 Å². The number of hydrogen-bond donors (Lipinski definition) is 1. The second kappa shape index (κ2) is 6.57. The smallest absolute Gasteiger partial charge is 0.232 e. The van der Waals surface area contributed by atoms with Gasteiger partial charge in [0.15, 0.2) is 0 Å². The Balaban J connectivity index is 1.70. The summed E-state index contributed by atoms with van der Waals surface area (Å²) < 4.78 is 13.4. The fourth-order valence-corrected chi connectivity index (χ4v) is 3.50. The Hall–Kier alpha value is -2.66. The molecule has 132 valence electrons. The van der Waals surface area contributed by atoms with E-state index in [1.54, 1.807) is 12.1 Å². The summed E-state index contributed by atoms with van der Waals surface area (Å²) in [5, 5.41) is 3.26. The first-order valence-electron chi connectivity index (χ1n) is 8.46. The zero-order valence-electron chi connectivity index (χ0n) is 14.5. The van der Waals surface area contributed by atoms with Gasteiger partial charge in [0.05, 0.1) is 5.02 Å². The fraction of sp³-hybridized carbons (Fsp3) is 0.200. The van der Waals surface area contributed by atoms with E-state index < -0.39 is 5.82 Å². The molecule has 1 aromatic heterocycles. The number of benzene rings is 2. The van der Waals surface area contributed by atoms with Crippen LogP contribution in [0.1, 0.15) is 18.2 Å². The van der Waals surface area contributed by atoms with Crippen molar-refractivity contribution in [1.82, 2.24) is 9.97 Å². The van der Waals surface area contributed by atoms with Crippen molar-refractivity contribution in [3.05, 3.63) is 70.6 Å². The predicted octanol–water partition coefficient (Wildman–Crippen LogP) is 5.40. The fourth-order valence-electron chi connectivity index (χ4n) is 3.32. The predicted molar refractivity (Wildman–Crippen MR) is 103 cm³/mol. The first kappa shape index (κ1) is 16.8. The topological polar surface area (TPSA) is 41.1 Å². The summed E-state index contributed by atoms with van der Waals surface area (Å²) in [5.41, 5.74) is 3.96. The lowest BCUT2D eigenvalue weighted by Crippen LogP contribution is -2.26. The molecule has 0 amide bonds. The van der Waals surface area contributed by atoms with Crippen LogP contribution < -0.4 is 10.2 Å². The van der Waals surface area contributed by atoms with E-state index in [4.69, 9.17) is 11.6 Å². The first-order chi connectivity index (χ1) is 12.5. The molecule has 1 N–H and O–H groups in total. The number of para-hydroxylation sites is 1. The highest BCUT2D eigenvalue weighted by molar-refractivity contribution is 6.31. The molecule has 1 unspecified atom stereocenters. The zero-order valence-corrected chi connectivity index (χ0v) is 15.3. The van der Waals surface area contributed by atoms with E-state index >= 15 is 0 Å². The van der Waals surface area contributed by atoms with Crippen LogP contribution in [-0.4, -0.2) is 16.0 Å². The molecule has 0 spiro atoms. The molecule has 3 aromatic rings. The molecule has 1 aliphatic rings. The summed E-state index contributed by atoms with van der Waals surface area (Å²) in [7, 11) is 0. The van der Waals surface area contributed by atoms with E-state index in [0.717, 1.165) is 17.8 Å². The summed E-state index contributed by atoms with van der Waals surface area (Å²) in [6.45, 7) is 4.10. The number of halogens is 2. The Labute approximate surface area is 156 Å². The normalized spacial score (nSPS) is 15.8. The maximum absolute atomic E-state index is 13.4. The molecule has 1 atom stereocenters. The molecule has 4 rings (SSSR count). The Morgan fingerprint density at radius 1 is 1.15 bits per heavy atom. The summed E-state index contributed by atoms with van der Waals surface area (Å²) >= 11 is 5.87. The minimum absolute atomic E-state index is 0.0723. The molecule has 0 radical (unpaired) electrons. The maximum atomic E-state index is 13.4. The molecule has 1 aliphatic heterocycles. The Morgan fingerprint density at radius 3 is 2.77 bits per heavy atom. The van der Waals surface area contributed by atoms with Crippen molar-refractivity contribution in [1.29, 1.82) is 0 Å². The van der Waals surface area contributed by atoms with Crippen molar-refractivity contribution in [2.75, 3.05) is 10.2 Å². The Bertz CT molecular complexity index is 976. The van der Waals surface area contributed by atoms with Gasteiger partial charge in [0.25, 0.3) is 0 Å². The molecule has 2 aromatic carbocycles. The first-order valence-corrected chi connectivity index (χ1v) is 8.84. The number of hydrogen-bond acceptors (Lipinski definition) is 4. The summed E-state index contributed by atoms with van der Waals surface area (Å²) in [6, 6.07) is 15.0. The lowest BCUT2D eigenvalue weighted by atomic mass is 10.1. The van der Waals surface area contributed by atoms with Crippen LogP contribution in [0, 0.1) is 12.7 Å². The highest BCUT2D eigenvalue weighted by Crippen LogP contribution is 2.37. The van der Waals surface area contributed by atoms with Crippen LogP contribution in [0.4, 0.5) is 27.5 Å². The number of nitrogens with one attached hydrogen (secondary N) is 1. The lowest BCUT2D eigenvalue weighted by molar-refractivity contribution is 0.628. The number of aromatic nitrogens is 2. The lowest BCUT2D eigenvalue weighted by Gasteiger charge is -2.23. The van der Waals surface area contributed by atoms with Crippen LogP contribution >= 0.6 is 11.6 Å². The van der Waals surface area contributed by atoms with Gasteiger partial charge < -0.3 is 10.2 Å². The van der Waals surface area contributed by atoms with Gasteiger partial charge in [-0.25, -0.2) is 9.37 Å². The standard InChI is InChI=1S/C20H18ClFN4/c1-12-9-19(24-15-7-8-17(22)16(21)11-15)25-20(23-12)26-13(2)10-14-5-3-4-6-18(14)26/h3-9,11,13H,10H2,1-2H3,(H,23,24,25). The Morgan fingerprint density at radius 2 is 1.96 bits per heavy atom. The second-order valence-electron chi connectivity index (χ2n) is 6.50. The molecular formula is C20H18ClFN4. The summed E-state index contributed by atoms with van der Waals surface area (Å²) in [5.74, 6) is 0.851. The van der Waals surface area contributed by atoms with Crippen molar-refractivity contribution in [2.45, 2.75) is 26.3 Å². The largest absolute Gasteiger partial charge is 0.340 e. The molecule has 0 bridgehead atoms. The Kier molecular flexibility index (Phi) is 4.24. The van der Waals surface area contributed by atoms with E-state index in [-0.39, 0.29) is 11.1 Å². The van der Waals surface area contributed by atoms with Crippen LogP contribution in [0.2, 0.25) is 5.02 Å². The average Bonchev–Trinajstić information content (AvgIpc) is 2.93. The third-order valence-corrected chi connectivity index (χ3v) is 4.75. The highest BCUT2D eigenvalue weighted by atomic mass is 35.5. The maximum Gasteiger partial charge on any atom is 0.232 e. The van der Waals surface area contributed by atoms with Crippen LogP contribution in [0.3, 0.4) is 0 Å². The van der Waals surface area contributed by atoms with E-state index in [2.05, 4.69) is 45.3 Å². The highest BCUT2D eigenvalue weighted by Gasteiger charge is 2.29. The molecule has 0 saturated carbocycles. The molecule has 4 nitrogen and oxygen atoms in total. The van der Waals surface area contributed by atoms with Crippen molar-refractivity contribution < 1.29 is 4.39 Å². The van der Waals surface area contributed by atoms with Gasteiger partial charge >= 0.3 is 0 Å². The summed E-state index contributed by atoms with van der Waals surface area (Å²) in [4.78, 5) is 11.5. The molecular weight excluding hydrogens is 351 g/mol. The molecule has 2 heterocycles. The van der Waals surface area contributed by atoms with E-state index in [1.807, 2.05) is 19.1 Å². The van der Waals surface area contributed by atoms with Crippen molar-refractivity contribution in [2.24, 2.45) is 0 Å². The average molecular weight is 369 g/mol. The number of fused-ring (bicyclic) bond motifs is 1.